The number of halogens is 1. The second kappa shape index (κ2) is 10.8. The van der Waals surface area contributed by atoms with E-state index >= 15 is 0 Å². The average Bonchev–Trinajstić information content (AvgIpc) is 2.80. The van der Waals surface area contributed by atoms with Crippen molar-refractivity contribution in [2.45, 2.75) is 26.2 Å². The Morgan fingerprint density at radius 1 is 0.871 bits per heavy atom. The number of fused-ring (bicyclic) bond motifs is 1. The Balaban J connectivity index is 1.46. The number of hydrazine groups is 1. The third-order valence-electron chi connectivity index (χ3n) is 4.95. The summed E-state index contributed by atoms with van der Waals surface area (Å²) in [5.41, 5.74) is 5.73. The Morgan fingerprint density at radius 2 is 1.48 bits per heavy atom. The van der Waals surface area contributed by atoms with E-state index in [0.717, 1.165) is 27.2 Å². The molecular formula is C24H25BrN2O4. The third-order valence-corrected chi connectivity index (χ3v) is 5.77. The van der Waals surface area contributed by atoms with E-state index in [0.29, 0.717) is 17.4 Å². The molecule has 0 saturated heterocycles. The van der Waals surface area contributed by atoms with Gasteiger partial charge in [0.1, 0.15) is 11.5 Å². The largest absolute Gasteiger partial charge is 0.483 e. The zero-order valence-electron chi connectivity index (χ0n) is 17.5. The van der Waals surface area contributed by atoms with Gasteiger partial charge in [0, 0.05) is 0 Å². The summed E-state index contributed by atoms with van der Waals surface area (Å²) in [4.78, 5) is 24.1. The van der Waals surface area contributed by atoms with Crippen LogP contribution in [-0.4, -0.2) is 25.0 Å². The van der Waals surface area contributed by atoms with Gasteiger partial charge in [0.2, 0.25) is 0 Å². The number of hydrogen-bond acceptors (Lipinski definition) is 4. The summed E-state index contributed by atoms with van der Waals surface area (Å²) in [7, 11) is 0. The molecule has 31 heavy (non-hydrogen) atoms. The normalized spacial score (nSPS) is 11.6. The Hall–Kier alpha value is -3.06. The standard InChI is InChI=1S/C24H25BrN2O4/c1-3-16(2)18-9-6-7-11-20(18)30-14-22(28)26-27-23(29)15-31-21-13-12-17-8-4-5-10-19(17)24(21)25/h4-13,16H,3,14-15H2,1-2H3,(H,26,28)(H,27,29). The first-order chi connectivity index (χ1) is 15.0. The Kier molecular flexibility index (Phi) is 7.89. The number of carbonyl (C=O) groups excluding carboxylic acids is 2. The fraction of sp³-hybridized carbons (Fsp3) is 0.250. The van der Waals surface area contributed by atoms with Crippen molar-refractivity contribution in [1.29, 1.82) is 0 Å². The summed E-state index contributed by atoms with van der Waals surface area (Å²) < 4.78 is 12.0. The minimum atomic E-state index is -0.478. The number of amides is 2. The highest BCUT2D eigenvalue weighted by molar-refractivity contribution is 9.10. The molecule has 1 atom stereocenters. The fourth-order valence-corrected chi connectivity index (χ4v) is 3.67. The smallest absolute Gasteiger partial charge is 0.276 e. The highest BCUT2D eigenvalue weighted by atomic mass is 79.9. The number of hydrogen-bond donors (Lipinski definition) is 2. The molecule has 1 unspecified atom stereocenters. The van der Waals surface area contributed by atoms with Gasteiger partial charge in [-0.2, -0.15) is 0 Å². The molecule has 0 aliphatic rings. The monoisotopic (exact) mass is 484 g/mol. The maximum atomic E-state index is 12.0. The summed E-state index contributed by atoms with van der Waals surface area (Å²) in [5.74, 6) is 0.603. The summed E-state index contributed by atoms with van der Waals surface area (Å²) >= 11 is 3.51. The first-order valence-electron chi connectivity index (χ1n) is 10.1. The van der Waals surface area contributed by atoms with E-state index in [4.69, 9.17) is 9.47 Å². The lowest BCUT2D eigenvalue weighted by molar-refractivity contribution is -0.131. The molecule has 7 heteroatoms. The molecule has 3 aromatic rings. The molecule has 0 spiro atoms. The summed E-state index contributed by atoms with van der Waals surface area (Å²) in [6.45, 7) is 3.76. The van der Waals surface area contributed by atoms with Gasteiger partial charge in [0.05, 0.1) is 4.47 Å². The van der Waals surface area contributed by atoms with E-state index < -0.39 is 11.8 Å². The zero-order valence-corrected chi connectivity index (χ0v) is 19.1. The predicted octanol–water partition coefficient (Wildman–Crippen LogP) is 4.72. The topological polar surface area (TPSA) is 76.7 Å². The summed E-state index contributed by atoms with van der Waals surface area (Å²) in [6, 6.07) is 19.2. The van der Waals surface area contributed by atoms with E-state index in [9.17, 15) is 9.59 Å². The Morgan fingerprint density at radius 3 is 2.19 bits per heavy atom. The SMILES string of the molecule is CCC(C)c1ccccc1OCC(=O)NNC(=O)COc1ccc2ccccc2c1Br. The average molecular weight is 485 g/mol. The lowest BCUT2D eigenvalue weighted by atomic mass is 9.98. The molecule has 0 aliphatic carbocycles. The van der Waals surface area contributed by atoms with Crippen LogP contribution in [0.15, 0.2) is 65.1 Å². The van der Waals surface area contributed by atoms with E-state index in [1.165, 1.54) is 0 Å². The van der Waals surface area contributed by atoms with Crippen LogP contribution in [0.3, 0.4) is 0 Å². The van der Waals surface area contributed by atoms with Crippen molar-refractivity contribution in [3.8, 4) is 11.5 Å². The van der Waals surface area contributed by atoms with E-state index in [2.05, 4.69) is 40.6 Å². The van der Waals surface area contributed by atoms with Gasteiger partial charge < -0.3 is 9.47 Å². The van der Waals surface area contributed by atoms with Gasteiger partial charge in [-0.25, -0.2) is 0 Å². The molecule has 2 amide bonds. The van der Waals surface area contributed by atoms with Crippen molar-refractivity contribution < 1.29 is 19.1 Å². The fourth-order valence-electron chi connectivity index (χ4n) is 3.06. The first-order valence-corrected chi connectivity index (χ1v) is 10.9. The molecular weight excluding hydrogens is 460 g/mol. The molecule has 0 fully saturated rings. The van der Waals surface area contributed by atoms with Gasteiger partial charge in [-0.15, -0.1) is 0 Å². The molecule has 162 valence electrons. The number of para-hydroxylation sites is 1. The Bertz CT molecular complexity index is 1070. The second-order valence-corrected chi connectivity index (χ2v) is 7.91. The van der Waals surface area contributed by atoms with Crippen LogP contribution in [0.2, 0.25) is 0 Å². The van der Waals surface area contributed by atoms with Gasteiger partial charge in [0.25, 0.3) is 11.8 Å². The predicted molar refractivity (Wildman–Crippen MR) is 124 cm³/mol. The number of benzene rings is 3. The minimum absolute atomic E-state index is 0.204. The molecule has 6 nitrogen and oxygen atoms in total. The zero-order chi connectivity index (χ0) is 22.2. The number of rotatable bonds is 8. The van der Waals surface area contributed by atoms with Crippen molar-refractivity contribution in [2.75, 3.05) is 13.2 Å². The van der Waals surface area contributed by atoms with Crippen molar-refractivity contribution in [2.24, 2.45) is 0 Å². The van der Waals surface area contributed by atoms with Crippen LogP contribution in [-0.2, 0) is 9.59 Å². The molecule has 0 bridgehead atoms. The van der Waals surface area contributed by atoms with Gasteiger partial charge >= 0.3 is 0 Å². The van der Waals surface area contributed by atoms with Gasteiger partial charge in [-0.3, -0.25) is 20.4 Å². The van der Waals surface area contributed by atoms with Crippen molar-refractivity contribution >= 4 is 38.5 Å². The molecule has 0 heterocycles. The van der Waals surface area contributed by atoms with Crippen LogP contribution < -0.4 is 20.3 Å². The van der Waals surface area contributed by atoms with Crippen LogP contribution in [0, 0.1) is 0 Å². The molecule has 0 aliphatic heterocycles. The lowest BCUT2D eigenvalue weighted by Crippen LogP contribution is -2.45. The second-order valence-electron chi connectivity index (χ2n) is 7.12. The molecule has 2 N–H and O–H groups in total. The van der Waals surface area contributed by atoms with Gasteiger partial charge in [-0.05, 0) is 56.7 Å². The maximum absolute atomic E-state index is 12.0. The first kappa shape index (κ1) is 22.6. The molecule has 3 aromatic carbocycles. The van der Waals surface area contributed by atoms with E-state index in [-0.39, 0.29) is 13.2 Å². The summed E-state index contributed by atoms with van der Waals surface area (Å²) in [5, 5.41) is 2.05. The molecule has 0 aromatic heterocycles. The minimum Gasteiger partial charge on any atom is -0.483 e. The van der Waals surface area contributed by atoms with Crippen molar-refractivity contribution in [3.05, 3.63) is 70.7 Å². The van der Waals surface area contributed by atoms with E-state index in [1.807, 2.05) is 54.6 Å². The van der Waals surface area contributed by atoms with Gasteiger partial charge in [-0.1, -0.05) is 62.4 Å². The van der Waals surface area contributed by atoms with Crippen molar-refractivity contribution in [1.82, 2.24) is 10.9 Å². The highest BCUT2D eigenvalue weighted by Crippen LogP contribution is 2.33. The van der Waals surface area contributed by atoms with E-state index in [1.54, 1.807) is 6.07 Å². The van der Waals surface area contributed by atoms with Crippen LogP contribution in [0.4, 0.5) is 0 Å². The maximum Gasteiger partial charge on any atom is 0.276 e. The lowest BCUT2D eigenvalue weighted by Gasteiger charge is -2.15. The third kappa shape index (κ3) is 5.98. The molecule has 0 radical (unpaired) electrons. The van der Waals surface area contributed by atoms with Crippen LogP contribution in [0.5, 0.6) is 11.5 Å². The summed E-state index contributed by atoms with van der Waals surface area (Å²) in [6.07, 6.45) is 0.968. The number of nitrogens with one attached hydrogen (secondary N) is 2. The molecule has 3 rings (SSSR count). The Labute approximate surface area is 190 Å². The number of ether oxygens (including phenoxy) is 2. The van der Waals surface area contributed by atoms with Crippen LogP contribution in [0.1, 0.15) is 31.7 Å². The highest BCUT2D eigenvalue weighted by Gasteiger charge is 2.12. The van der Waals surface area contributed by atoms with Gasteiger partial charge in [0.15, 0.2) is 13.2 Å². The molecule has 0 saturated carbocycles. The van der Waals surface area contributed by atoms with Crippen LogP contribution >= 0.6 is 15.9 Å². The van der Waals surface area contributed by atoms with Crippen molar-refractivity contribution in [3.63, 3.8) is 0 Å². The number of carbonyl (C=O) groups is 2. The van der Waals surface area contributed by atoms with Crippen LogP contribution in [0.25, 0.3) is 10.8 Å². The quantitative estimate of drug-likeness (QED) is 0.453.